The molecule has 1 N–H and O–H groups in total. The smallest absolute Gasteiger partial charge is 0.255 e. The molecule has 102 valence electrons. The standard InChI is InChI=1S/C13H11ClFN5/c1-8-11(14)19-13-17-7-18-20(13)12(8)16-6-9-3-2-4-10(15)5-9/h2-5,7,16H,6H2,1H3. The van der Waals surface area contributed by atoms with Crippen molar-refractivity contribution in [1.82, 2.24) is 19.6 Å². The Morgan fingerprint density at radius 1 is 1.40 bits per heavy atom. The Morgan fingerprint density at radius 3 is 3.05 bits per heavy atom. The minimum Gasteiger partial charge on any atom is -0.366 e. The van der Waals surface area contributed by atoms with Crippen molar-refractivity contribution in [1.29, 1.82) is 0 Å². The Bertz CT molecular complexity index is 771. The van der Waals surface area contributed by atoms with Crippen molar-refractivity contribution < 1.29 is 4.39 Å². The van der Waals surface area contributed by atoms with Crippen LogP contribution in [0.3, 0.4) is 0 Å². The summed E-state index contributed by atoms with van der Waals surface area (Å²) in [5.74, 6) is 0.851. The number of anilines is 1. The third-order valence-corrected chi connectivity index (χ3v) is 3.32. The molecule has 0 atom stereocenters. The number of benzene rings is 1. The lowest BCUT2D eigenvalue weighted by molar-refractivity contribution is 0.626. The molecule has 0 bridgehead atoms. The monoisotopic (exact) mass is 291 g/mol. The van der Waals surface area contributed by atoms with E-state index in [0.29, 0.717) is 23.3 Å². The number of rotatable bonds is 3. The van der Waals surface area contributed by atoms with Gasteiger partial charge < -0.3 is 5.32 Å². The van der Waals surface area contributed by atoms with Crippen LogP contribution in [-0.4, -0.2) is 19.6 Å². The van der Waals surface area contributed by atoms with E-state index in [-0.39, 0.29) is 5.82 Å². The van der Waals surface area contributed by atoms with Crippen LogP contribution in [0, 0.1) is 12.7 Å². The molecule has 1 aromatic carbocycles. The summed E-state index contributed by atoms with van der Waals surface area (Å²) in [5, 5.41) is 7.66. The Labute approximate surface area is 119 Å². The topological polar surface area (TPSA) is 55.1 Å². The maximum Gasteiger partial charge on any atom is 0.255 e. The van der Waals surface area contributed by atoms with Crippen LogP contribution in [-0.2, 0) is 6.54 Å². The largest absolute Gasteiger partial charge is 0.366 e. The van der Waals surface area contributed by atoms with Crippen molar-refractivity contribution in [2.75, 3.05) is 5.32 Å². The van der Waals surface area contributed by atoms with E-state index in [2.05, 4.69) is 20.4 Å². The third-order valence-electron chi connectivity index (χ3n) is 2.95. The van der Waals surface area contributed by atoms with Gasteiger partial charge in [-0.3, -0.25) is 0 Å². The van der Waals surface area contributed by atoms with Gasteiger partial charge in [-0.15, -0.1) is 0 Å². The first-order chi connectivity index (χ1) is 9.65. The predicted octanol–water partition coefficient (Wildman–Crippen LogP) is 2.84. The molecule has 5 nitrogen and oxygen atoms in total. The van der Waals surface area contributed by atoms with E-state index in [0.717, 1.165) is 11.1 Å². The number of fused-ring (bicyclic) bond motifs is 1. The number of halogens is 2. The first-order valence-electron chi connectivity index (χ1n) is 5.99. The Kier molecular flexibility index (Phi) is 3.23. The van der Waals surface area contributed by atoms with Crippen molar-refractivity contribution in [3.05, 3.63) is 52.7 Å². The van der Waals surface area contributed by atoms with Crippen LogP contribution >= 0.6 is 11.6 Å². The van der Waals surface area contributed by atoms with Gasteiger partial charge in [0, 0.05) is 12.1 Å². The lowest BCUT2D eigenvalue weighted by Gasteiger charge is -2.11. The highest BCUT2D eigenvalue weighted by molar-refractivity contribution is 6.30. The molecule has 0 aliphatic heterocycles. The number of hydrogen-bond acceptors (Lipinski definition) is 4. The molecule has 0 saturated heterocycles. The van der Waals surface area contributed by atoms with Crippen molar-refractivity contribution in [3.63, 3.8) is 0 Å². The summed E-state index contributed by atoms with van der Waals surface area (Å²) in [6.45, 7) is 2.29. The molecule has 7 heteroatoms. The molecule has 3 rings (SSSR count). The van der Waals surface area contributed by atoms with Crippen LogP contribution in [0.25, 0.3) is 5.78 Å². The molecular formula is C13H11ClFN5. The second-order valence-corrected chi connectivity index (χ2v) is 4.69. The van der Waals surface area contributed by atoms with Gasteiger partial charge in [0.1, 0.15) is 23.1 Å². The van der Waals surface area contributed by atoms with Crippen LogP contribution in [0.15, 0.2) is 30.6 Å². The average molecular weight is 292 g/mol. The summed E-state index contributed by atoms with van der Waals surface area (Å²) in [4.78, 5) is 8.13. The molecule has 0 radical (unpaired) electrons. The molecule has 0 amide bonds. The van der Waals surface area contributed by atoms with Crippen molar-refractivity contribution >= 4 is 23.2 Å². The number of nitrogens with one attached hydrogen (secondary N) is 1. The number of nitrogens with zero attached hydrogens (tertiary/aromatic N) is 4. The lowest BCUT2D eigenvalue weighted by atomic mass is 10.2. The van der Waals surface area contributed by atoms with E-state index in [1.165, 1.54) is 18.5 Å². The maximum atomic E-state index is 13.2. The van der Waals surface area contributed by atoms with E-state index in [4.69, 9.17) is 11.6 Å². The fourth-order valence-electron chi connectivity index (χ4n) is 1.94. The molecule has 0 saturated carbocycles. The minimum absolute atomic E-state index is 0.264. The first kappa shape index (κ1) is 12.8. The second kappa shape index (κ2) is 5.05. The molecular weight excluding hydrogens is 281 g/mol. The molecule has 0 unspecified atom stereocenters. The van der Waals surface area contributed by atoms with E-state index in [1.54, 1.807) is 10.6 Å². The highest BCUT2D eigenvalue weighted by Gasteiger charge is 2.11. The zero-order chi connectivity index (χ0) is 14.1. The molecule has 2 aromatic heterocycles. The Morgan fingerprint density at radius 2 is 2.25 bits per heavy atom. The van der Waals surface area contributed by atoms with Gasteiger partial charge in [0.25, 0.3) is 5.78 Å². The highest BCUT2D eigenvalue weighted by Crippen LogP contribution is 2.22. The Balaban J connectivity index is 1.94. The van der Waals surface area contributed by atoms with Gasteiger partial charge in [-0.05, 0) is 24.6 Å². The minimum atomic E-state index is -0.264. The van der Waals surface area contributed by atoms with Crippen LogP contribution in [0.2, 0.25) is 5.15 Å². The van der Waals surface area contributed by atoms with Gasteiger partial charge >= 0.3 is 0 Å². The summed E-state index contributed by atoms with van der Waals surface area (Å²) < 4.78 is 14.7. The van der Waals surface area contributed by atoms with Gasteiger partial charge in [0.15, 0.2) is 0 Å². The van der Waals surface area contributed by atoms with E-state index in [9.17, 15) is 4.39 Å². The summed E-state index contributed by atoms with van der Waals surface area (Å²) in [5.41, 5.74) is 1.59. The van der Waals surface area contributed by atoms with Gasteiger partial charge in [-0.2, -0.15) is 19.6 Å². The number of hydrogen-bond donors (Lipinski definition) is 1. The third kappa shape index (κ3) is 2.30. The van der Waals surface area contributed by atoms with Crippen molar-refractivity contribution in [2.24, 2.45) is 0 Å². The van der Waals surface area contributed by atoms with Crippen LogP contribution in [0.1, 0.15) is 11.1 Å². The normalized spacial score (nSPS) is 10.9. The van der Waals surface area contributed by atoms with Crippen LogP contribution in [0.4, 0.5) is 10.2 Å². The predicted molar refractivity (Wildman–Crippen MR) is 74.3 cm³/mol. The molecule has 0 aliphatic carbocycles. The number of aromatic nitrogens is 4. The van der Waals surface area contributed by atoms with Gasteiger partial charge in [0.2, 0.25) is 0 Å². The average Bonchev–Trinajstić information content (AvgIpc) is 2.87. The van der Waals surface area contributed by atoms with Crippen molar-refractivity contribution in [2.45, 2.75) is 13.5 Å². The van der Waals surface area contributed by atoms with Gasteiger partial charge in [-0.1, -0.05) is 23.7 Å². The molecule has 2 heterocycles. The molecule has 3 aromatic rings. The Hall–Kier alpha value is -2.21. The molecule has 0 aliphatic rings. The molecule has 0 fully saturated rings. The van der Waals surface area contributed by atoms with Crippen LogP contribution < -0.4 is 5.32 Å². The van der Waals surface area contributed by atoms with Crippen LogP contribution in [0.5, 0.6) is 0 Å². The van der Waals surface area contributed by atoms with E-state index < -0.39 is 0 Å². The summed E-state index contributed by atoms with van der Waals surface area (Å²) in [6.07, 6.45) is 1.41. The zero-order valence-electron chi connectivity index (χ0n) is 10.6. The highest BCUT2D eigenvalue weighted by atomic mass is 35.5. The SMILES string of the molecule is Cc1c(Cl)nc2ncnn2c1NCc1cccc(F)c1. The molecule has 20 heavy (non-hydrogen) atoms. The second-order valence-electron chi connectivity index (χ2n) is 4.33. The lowest BCUT2D eigenvalue weighted by Crippen LogP contribution is -2.09. The summed E-state index contributed by atoms with van der Waals surface area (Å²) in [6, 6.07) is 6.40. The quantitative estimate of drug-likeness (QED) is 0.754. The summed E-state index contributed by atoms with van der Waals surface area (Å²) in [7, 11) is 0. The van der Waals surface area contributed by atoms with Crippen molar-refractivity contribution in [3.8, 4) is 0 Å². The van der Waals surface area contributed by atoms with E-state index in [1.807, 2.05) is 13.0 Å². The zero-order valence-corrected chi connectivity index (χ0v) is 11.4. The van der Waals surface area contributed by atoms with E-state index >= 15 is 0 Å². The fourth-order valence-corrected chi connectivity index (χ4v) is 2.10. The fraction of sp³-hybridized carbons (Fsp3) is 0.154. The van der Waals surface area contributed by atoms with Gasteiger partial charge in [0.05, 0.1) is 0 Å². The summed E-state index contributed by atoms with van der Waals surface area (Å²) >= 11 is 6.06. The first-order valence-corrected chi connectivity index (χ1v) is 6.37. The maximum absolute atomic E-state index is 13.2. The van der Waals surface area contributed by atoms with Gasteiger partial charge in [-0.25, -0.2) is 4.39 Å². The molecule has 0 spiro atoms.